The molecule has 1 amide bonds. The van der Waals surface area contributed by atoms with Crippen molar-refractivity contribution in [3.05, 3.63) is 65.2 Å². The highest BCUT2D eigenvalue weighted by Gasteiger charge is 2.38. The summed E-state index contributed by atoms with van der Waals surface area (Å²) >= 11 is 0. The molecule has 1 aliphatic carbocycles. The number of ether oxygens (including phenoxy) is 1. The zero-order valence-corrected chi connectivity index (χ0v) is 21.5. The molecule has 0 radical (unpaired) electrons. The number of nitrogens with zero attached hydrogens (tertiary/aromatic N) is 2. The second-order valence-electron chi connectivity index (χ2n) is 10.8. The van der Waals surface area contributed by atoms with E-state index in [0.29, 0.717) is 23.8 Å². The fourth-order valence-corrected chi connectivity index (χ4v) is 5.87. The first-order chi connectivity index (χ1) is 16.4. The summed E-state index contributed by atoms with van der Waals surface area (Å²) in [5.41, 5.74) is 3.99. The zero-order chi connectivity index (χ0) is 24.1. The summed E-state index contributed by atoms with van der Waals surface area (Å²) in [6.45, 7) is 10.1. The van der Waals surface area contributed by atoms with Crippen LogP contribution in [0.5, 0.6) is 5.75 Å². The molecule has 2 atom stereocenters. The lowest BCUT2D eigenvalue weighted by atomic mass is 9.86. The van der Waals surface area contributed by atoms with Crippen LogP contribution in [0.25, 0.3) is 0 Å². The van der Waals surface area contributed by atoms with Crippen molar-refractivity contribution >= 4 is 5.91 Å². The van der Waals surface area contributed by atoms with Crippen LogP contribution in [0, 0.1) is 18.8 Å². The van der Waals surface area contributed by atoms with Crippen LogP contribution in [-0.4, -0.2) is 48.5 Å². The maximum Gasteiger partial charge on any atom is 0.225 e. The van der Waals surface area contributed by atoms with Gasteiger partial charge in [0.25, 0.3) is 0 Å². The van der Waals surface area contributed by atoms with E-state index in [9.17, 15) is 4.79 Å². The minimum atomic E-state index is 0.0438. The number of carbonyl (C=O) groups excluding carboxylic acids is 1. The minimum Gasteiger partial charge on any atom is -0.497 e. The number of rotatable bonds is 8. The average Bonchev–Trinajstić information content (AvgIpc) is 3.26. The highest BCUT2D eigenvalue weighted by molar-refractivity contribution is 5.78. The molecule has 1 saturated heterocycles. The molecule has 4 nitrogen and oxygen atoms in total. The zero-order valence-electron chi connectivity index (χ0n) is 21.5. The van der Waals surface area contributed by atoms with Gasteiger partial charge in [-0.2, -0.15) is 0 Å². The maximum atomic E-state index is 13.4. The van der Waals surface area contributed by atoms with Crippen LogP contribution in [-0.2, 0) is 11.3 Å². The van der Waals surface area contributed by atoms with Gasteiger partial charge in [0.1, 0.15) is 5.75 Å². The average molecular weight is 463 g/mol. The van der Waals surface area contributed by atoms with Gasteiger partial charge in [0.15, 0.2) is 0 Å². The lowest BCUT2D eigenvalue weighted by molar-refractivity contribution is -0.138. The number of hydrogen-bond donors (Lipinski definition) is 0. The molecule has 2 fully saturated rings. The molecule has 184 valence electrons. The van der Waals surface area contributed by atoms with Crippen molar-refractivity contribution in [1.82, 2.24) is 9.80 Å². The minimum absolute atomic E-state index is 0.0438. The summed E-state index contributed by atoms with van der Waals surface area (Å²) in [4.78, 5) is 18.2. The molecule has 4 heteroatoms. The van der Waals surface area contributed by atoms with Gasteiger partial charge in [-0.05, 0) is 48.9 Å². The van der Waals surface area contributed by atoms with Gasteiger partial charge in [0, 0.05) is 44.1 Å². The molecule has 0 N–H and O–H groups in total. The van der Waals surface area contributed by atoms with E-state index in [1.54, 1.807) is 7.11 Å². The predicted molar refractivity (Wildman–Crippen MR) is 139 cm³/mol. The lowest BCUT2D eigenvalue weighted by Crippen LogP contribution is -2.47. The smallest absolute Gasteiger partial charge is 0.225 e. The number of amides is 1. The van der Waals surface area contributed by atoms with Crippen molar-refractivity contribution in [2.24, 2.45) is 11.8 Å². The van der Waals surface area contributed by atoms with Crippen LogP contribution < -0.4 is 4.74 Å². The first kappa shape index (κ1) is 24.8. The van der Waals surface area contributed by atoms with Gasteiger partial charge in [-0.3, -0.25) is 9.69 Å². The van der Waals surface area contributed by atoms with E-state index in [2.05, 4.69) is 73.0 Å². The normalized spacial score (nSPS) is 21.7. The highest BCUT2D eigenvalue weighted by atomic mass is 16.5. The molecule has 2 aromatic rings. The van der Waals surface area contributed by atoms with Gasteiger partial charge >= 0.3 is 0 Å². The van der Waals surface area contributed by atoms with E-state index in [1.165, 1.54) is 36.0 Å². The third kappa shape index (κ3) is 6.02. The quantitative estimate of drug-likeness (QED) is 0.480. The fourth-order valence-electron chi connectivity index (χ4n) is 5.87. The lowest BCUT2D eigenvalue weighted by Gasteiger charge is -2.38. The molecule has 34 heavy (non-hydrogen) atoms. The largest absolute Gasteiger partial charge is 0.497 e. The van der Waals surface area contributed by atoms with E-state index in [4.69, 9.17) is 4.74 Å². The molecular weight excluding hydrogens is 420 g/mol. The Hall–Kier alpha value is -2.33. The Balaban J connectivity index is 1.58. The van der Waals surface area contributed by atoms with Gasteiger partial charge in [-0.15, -0.1) is 0 Å². The first-order valence-corrected chi connectivity index (χ1v) is 13.2. The van der Waals surface area contributed by atoms with Crippen LogP contribution in [0.2, 0.25) is 0 Å². The van der Waals surface area contributed by atoms with Crippen LogP contribution in [0.1, 0.15) is 68.6 Å². The number of hydrogen-bond acceptors (Lipinski definition) is 3. The summed E-state index contributed by atoms with van der Waals surface area (Å²) in [5, 5.41) is 0. The van der Waals surface area contributed by atoms with Crippen LogP contribution in [0.15, 0.2) is 48.5 Å². The summed E-state index contributed by atoms with van der Waals surface area (Å²) < 4.78 is 5.55. The van der Waals surface area contributed by atoms with E-state index in [-0.39, 0.29) is 5.92 Å². The standard InChI is InChI=1S/C30H42N2O2/c1-22(2)30(33)32(27-10-6-5-7-11-27)20-26-19-31(18-24-15-13-23(3)14-16-24)21-29(26)25-9-8-12-28(17-25)34-4/h8-9,12-17,22,26-27,29H,5-7,10-11,18-21H2,1-4H3. The Morgan fingerprint density at radius 3 is 2.47 bits per heavy atom. The number of methoxy groups -OCH3 is 1. The first-order valence-electron chi connectivity index (χ1n) is 13.2. The number of benzene rings is 2. The van der Waals surface area contributed by atoms with Crippen molar-refractivity contribution in [2.75, 3.05) is 26.7 Å². The Kier molecular flexibility index (Phi) is 8.31. The summed E-state index contributed by atoms with van der Waals surface area (Å²) in [7, 11) is 1.74. The molecule has 0 aromatic heterocycles. The summed E-state index contributed by atoms with van der Waals surface area (Å²) in [5.74, 6) is 2.10. The molecular formula is C30H42N2O2. The molecule has 2 aromatic carbocycles. The summed E-state index contributed by atoms with van der Waals surface area (Å²) in [6, 6.07) is 17.9. The van der Waals surface area contributed by atoms with Gasteiger partial charge in [-0.1, -0.05) is 75.1 Å². The van der Waals surface area contributed by atoms with Crippen molar-refractivity contribution in [2.45, 2.75) is 71.4 Å². The van der Waals surface area contributed by atoms with Crippen LogP contribution in [0.3, 0.4) is 0 Å². The fraction of sp³-hybridized carbons (Fsp3) is 0.567. The summed E-state index contributed by atoms with van der Waals surface area (Å²) in [6.07, 6.45) is 6.11. The highest BCUT2D eigenvalue weighted by Crippen LogP contribution is 2.37. The number of aryl methyl sites for hydroxylation is 1. The van der Waals surface area contributed by atoms with E-state index < -0.39 is 0 Å². The van der Waals surface area contributed by atoms with E-state index >= 15 is 0 Å². The Morgan fingerprint density at radius 2 is 1.79 bits per heavy atom. The number of likely N-dealkylation sites (tertiary alicyclic amines) is 1. The third-order valence-corrected chi connectivity index (χ3v) is 7.79. The van der Waals surface area contributed by atoms with Crippen LogP contribution in [0.4, 0.5) is 0 Å². The molecule has 0 spiro atoms. The Bertz CT molecular complexity index is 933. The van der Waals surface area contributed by atoms with Crippen molar-refractivity contribution in [1.29, 1.82) is 0 Å². The van der Waals surface area contributed by atoms with Crippen molar-refractivity contribution in [3.8, 4) is 5.75 Å². The molecule has 4 rings (SSSR count). The third-order valence-electron chi connectivity index (χ3n) is 7.79. The molecule has 1 heterocycles. The Morgan fingerprint density at radius 1 is 1.06 bits per heavy atom. The van der Waals surface area contributed by atoms with E-state index in [1.807, 2.05) is 6.07 Å². The maximum absolute atomic E-state index is 13.4. The predicted octanol–water partition coefficient (Wildman–Crippen LogP) is 6.04. The second-order valence-corrected chi connectivity index (χ2v) is 10.8. The molecule has 2 aliphatic rings. The Labute approximate surface area is 206 Å². The SMILES string of the molecule is COc1cccc(C2CN(Cc3ccc(C)cc3)CC2CN(C(=O)C(C)C)C2CCCCC2)c1. The molecule has 2 unspecified atom stereocenters. The monoisotopic (exact) mass is 462 g/mol. The molecule has 1 saturated carbocycles. The molecule has 0 bridgehead atoms. The van der Waals surface area contributed by atoms with Crippen LogP contribution >= 0.6 is 0 Å². The van der Waals surface area contributed by atoms with Gasteiger partial charge in [0.05, 0.1) is 7.11 Å². The second kappa shape index (κ2) is 11.4. The topological polar surface area (TPSA) is 32.8 Å². The van der Waals surface area contributed by atoms with Gasteiger partial charge in [0.2, 0.25) is 5.91 Å². The number of carbonyl (C=O) groups is 1. The van der Waals surface area contributed by atoms with Gasteiger partial charge in [-0.25, -0.2) is 0 Å². The van der Waals surface area contributed by atoms with E-state index in [0.717, 1.165) is 44.8 Å². The molecule has 1 aliphatic heterocycles. The van der Waals surface area contributed by atoms with Gasteiger partial charge < -0.3 is 9.64 Å². The van der Waals surface area contributed by atoms with Crippen molar-refractivity contribution in [3.63, 3.8) is 0 Å². The van der Waals surface area contributed by atoms with Crippen molar-refractivity contribution < 1.29 is 9.53 Å².